The van der Waals surface area contributed by atoms with Gasteiger partial charge in [-0.25, -0.2) is 4.57 Å². The number of carbonyl (C=O) groups excluding carboxylic acids is 2. The summed E-state index contributed by atoms with van der Waals surface area (Å²) >= 11 is 0. The molecule has 9 nitrogen and oxygen atoms in total. The summed E-state index contributed by atoms with van der Waals surface area (Å²) in [4.78, 5) is 37.4. The monoisotopic (exact) mass is 948 g/mol. The average Bonchev–Trinajstić information content (AvgIpc) is 3.27. The van der Waals surface area contributed by atoms with Gasteiger partial charge in [-0.3, -0.25) is 18.6 Å². The molecule has 0 aromatic carbocycles. The maximum Gasteiger partial charge on any atom is 0.472 e. The van der Waals surface area contributed by atoms with E-state index in [1.54, 1.807) is 0 Å². The fourth-order valence-corrected chi connectivity index (χ4v) is 8.20. The van der Waals surface area contributed by atoms with E-state index in [-0.39, 0.29) is 37.9 Å². The second-order valence-electron chi connectivity index (χ2n) is 19.4. The molecule has 0 aliphatic heterocycles. The Labute approximate surface area is 407 Å². The Hall–Kier alpha value is -2.29. The molecular formula is C56H104N2O7P+. The number of unbranched alkanes of at least 4 members (excludes halogenated alkanes) is 24. The molecule has 66 heavy (non-hydrogen) atoms. The molecule has 0 aromatic heterocycles. The summed E-state index contributed by atoms with van der Waals surface area (Å²) < 4.78 is 30.5. The lowest BCUT2D eigenvalue weighted by atomic mass is 10.0. The van der Waals surface area contributed by atoms with Gasteiger partial charge in [0.25, 0.3) is 0 Å². The first-order chi connectivity index (χ1) is 31.9. The number of phosphoric acid groups is 1. The number of amides is 1. The number of rotatable bonds is 48. The maximum atomic E-state index is 13.4. The fourth-order valence-electron chi connectivity index (χ4n) is 7.46. The number of hydrogen-bond acceptors (Lipinski definition) is 6. The smallest absolute Gasteiger partial charge is 0.456 e. The van der Waals surface area contributed by atoms with Crippen molar-refractivity contribution in [2.75, 3.05) is 40.9 Å². The predicted octanol–water partition coefficient (Wildman–Crippen LogP) is 15.9. The van der Waals surface area contributed by atoms with E-state index in [1.165, 1.54) is 128 Å². The number of nitrogens with one attached hydrogen (secondary N) is 1. The van der Waals surface area contributed by atoms with Gasteiger partial charge in [0, 0.05) is 12.8 Å². The van der Waals surface area contributed by atoms with Gasteiger partial charge in [0.05, 0.1) is 33.8 Å². The summed E-state index contributed by atoms with van der Waals surface area (Å²) in [6, 6.07) is -0.873. The van der Waals surface area contributed by atoms with Gasteiger partial charge in [-0.1, -0.05) is 210 Å². The van der Waals surface area contributed by atoms with Crippen LogP contribution in [0.3, 0.4) is 0 Å². The van der Waals surface area contributed by atoms with Crippen LogP contribution < -0.4 is 5.32 Å². The SMILES string of the molecule is CCCCC/C=C\C/C=C\C/C=C\C/C=C\CCCC(=O)NC(COP(=O)(O)OCC[N+](C)(C)C)C(/C=C\CCCCCCCCCCCC)OC(=O)CCCCCCCCCCCCC. The summed E-state index contributed by atoms with van der Waals surface area (Å²) in [6.45, 7) is 6.92. The molecule has 10 heteroatoms. The highest BCUT2D eigenvalue weighted by Crippen LogP contribution is 2.43. The van der Waals surface area contributed by atoms with Crippen LogP contribution >= 0.6 is 7.82 Å². The van der Waals surface area contributed by atoms with Crippen molar-refractivity contribution in [3.63, 3.8) is 0 Å². The number of nitrogens with zero attached hydrogens (tertiary/aromatic N) is 1. The molecule has 0 aromatic rings. The van der Waals surface area contributed by atoms with Gasteiger partial charge in [-0.2, -0.15) is 0 Å². The number of esters is 1. The molecule has 0 spiro atoms. The molecule has 0 saturated carbocycles. The maximum absolute atomic E-state index is 13.4. The molecule has 0 aliphatic carbocycles. The molecule has 1 amide bonds. The third-order valence-electron chi connectivity index (χ3n) is 11.7. The van der Waals surface area contributed by atoms with Gasteiger partial charge in [0.15, 0.2) is 0 Å². The number of hydrogen-bond donors (Lipinski definition) is 2. The zero-order valence-electron chi connectivity index (χ0n) is 43.7. The molecule has 3 unspecified atom stereocenters. The summed E-state index contributed by atoms with van der Waals surface area (Å²) in [7, 11) is 1.46. The molecule has 0 radical (unpaired) electrons. The van der Waals surface area contributed by atoms with Crippen LogP contribution in [0.4, 0.5) is 0 Å². The van der Waals surface area contributed by atoms with E-state index in [1.807, 2.05) is 33.3 Å². The molecule has 3 atom stereocenters. The number of allylic oxidation sites excluding steroid dienone is 9. The van der Waals surface area contributed by atoms with Crippen LogP contribution in [-0.4, -0.2) is 74.3 Å². The molecule has 0 bridgehead atoms. The van der Waals surface area contributed by atoms with Crippen LogP contribution in [0.2, 0.25) is 0 Å². The number of carbonyl (C=O) groups is 2. The quantitative estimate of drug-likeness (QED) is 0.0205. The van der Waals surface area contributed by atoms with Gasteiger partial charge in [-0.15, -0.1) is 0 Å². The Bertz CT molecular complexity index is 1320. The number of phosphoric ester groups is 1. The minimum Gasteiger partial charge on any atom is -0.456 e. The predicted molar refractivity (Wildman–Crippen MR) is 282 cm³/mol. The number of quaternary nitrogens is 1. The Balaban J connectivity index is 5.48. The minimum atomic E-state index is -4.45. The third-order valence-corrected chi connectivity index (χ3v) is 12.7. The summed E-state index contributed by atoms with van der Waals surface area (Å²) in [5, 5.41) is 3.01. The summed E-state index contributed by atoms with van der Waals surface area (Å²) in [5.41, 5.74) is 0. The lowest BCUT2D eigenvalue weighted by Crippen LogP contribution is -2.47. The van der Waals surface area contributed by atoms with Crippen molar-refractivity contribution in [1.82, 2.24) is 5.32 Å². The van der Waals surface area contributed by atoms with Crippen LogP contribution in [0.15, 0.2) is 60.8 Å². The highest BCUT2D eigenvalue weighted by Gasteiger charge is 2.30. The molecule has 384 valence electrons. The zero-order valence-corrected chi connectivity index (χ0v) is 44.6. The van der Waals surface area contributed by atoms with Gasteiger partial charge in [0.1, 0.15) is 19.3 Å². The van der Waals surface area contributed by atoms with Crippen LogP contribution in [-0.2, 0) is 27.9 Å². The molecular weight excluding hydrogens is 844 g/mol. The highest BCUT2D eigenvalue weighted by atomic mass is 31.2. The van der Waals surface area contributed by atoms with Crippen LogP contribution in [0, 0.1) is 0 Å². The lowest BCUT2D eigenvalue weighted by molar-refractivity contribution is -0.870. The molecule has 0 aliphatic rings. The van der Waals surface area contributed by atoms with Crippen molar-refractivity contribution in [3.8, 4) is 0 Å². The molecule has 0 heterocycles. The minimum absolute atomic E-state index is 0.0297. The Morgan fingerprint density at radius 3 is 1.44 bits per heavy atom. The summed E-state index contributed by atoms with van der Waals surface area (Å²) in [6.07, 6.45) is 56.5. The Kier molecular flexibility index (Phi) is 44.8. The first-order valence-corrected chi connectivity index (χ1v) is 28.6. The second-order valence-corrected chi connectivity index (χ2v) is 20.9. The van der Waals surface area contributed by atoms with Crippen LogP contribution in [0.5, 0.6) is 0 Å². The van der Waals surface area contributed by atoms with Gasteiger partial charge < -0.3 is 19.4 Å². The average molecular weight is 948 g/mol. The largest absolute Gasteiger partial charge is 0.472 e. The Morgan fingerprint density at radius 2 is 0.939 bits per heavy atom. The first kappa shape index (κ1) is 63.7. The third kappa shape index (κ3) is 46.8. The second kappa shape index (κ2) is 46.4. The van der Waals surface area contributed by atoms with Crippen molar-refractivity contribution in [2.45, 2.75) is 245 Å². The van der Waals surface area contributed by atoms with E-state index in [0.717, 1.165) is 64.2 Å². The molecule has 0 rings (SSSR count). The van der Waals surface area contributed by atoms with Crippen molar-refractivity contribution in [1.29, 1.82) is 0 Å². The first-order valence-electron chi connectivity index (χ1n) is 27.1. The van der Waals surface area contributed by atoms with E-state index in [9.17, 15) is 19.0 Å². The van der Waals surface area contributed by atoms with Gasteiger partial charge in [-0.05, 0) is 70.3 Å². The van der Waals surface area contributed by atoms with Crippen molar-refractivity contribution in [3.05, 3.63) is 60.8 Å². The van der Waals surface area contributed by atoms with E-state index < -0.39 is 20.0 Å². The van der Waals surface area contributed by atoms with E-state index in [0.29, 0.717) is 17.4 Å². The van der Waals surface area contributed by atoms with Gasteiger partial charge >= 0.3 is 13.8 Å². The molecule has 0 fully saturated rings. The molecule has 0 saturated heterocycles. The fraction of sp³-hybridized carbons (Fsp3) is 0.786. The van der Waals surface area contributed by atoms with Gasteiger partial charge in [0.2, 0.25) is 5.91 Å². The van der Waals surface area contributed by atoms with Crippen LogP contribution in [0.25, 0.3) is 0 Å². The number of likely N-dealkylation sites (N-methyl/N-ethyl adjacent to an activating group) is 1. The Morgan fingerprint density at radius 1 is 0.530 bits per heavy atom. The van der Waals surface area contributed by atoms with Crippen molar-refractivity contribution < 1.29 is 37.3 Å². The van der Waals surface area contributed by atoms with Crippen molar-refractivity contribution in [2.24, 2.45) is 0 Å². The topological polar surface area (TPSA) is 111 Å². The number of ether oxygens (including phenoxy) is 1. The normalized spacial score (nSPS) is 14.3. The standard InChI is InChI=1S/C56H103N2O7P/c1-7-10-13-16-19-22-25-27-28-29-30-31-34-36-39-42-45-48-55(59)57-53(52-64-66(61,62)63-51-50-58(4,5)6)54(47-44-41-38-35-33-26-23-20-17-14-11-8-2)65-56(60)49-46-43-40-37-32-24-21-18-15-12-9-3/h19,22,27-28,30-31,36,39,44,47,53-54H,7-18,20-21,23-26,29,32-35,37-38,40-43,45-46,48-52H2,1-6H3,(H-,57,59,61,62)/p+1/b22-19-,28-27-,31-30-,39-36-,47-44-. The highest BCUT2D eigenvalue weighted by molar-refractivity contribution is 7.47. The van der Waals surface area contributed by atoms with E-state index in [4.69, 9.17) is 13.8 Å². The van der Waals surface area contributed by atoms with E-state index in [2.05, 4.69) is 74.7 Å². The summed E-state index contributed by atoms with van der Waals surface area (Å²) in [5.74, 6) is -0.571. The lowest BCUT2D eigenvalue weighted by Gasteiger charge is -2.27. The van der Waals surface area contributed by atoms with E-state index >= 15 is 0 Å². The van der Waals surface area contributed by atoms with Crippen LogP contribution in [0.1, 0.15) is 233 Å². The van der Waals surface area contributed by atoms with Crippen molar-refractivity contribution >= 4 is 19.7 Å². The zero-order chi connectivity index (χ0) is 48.7. The molecule has 2 N–H and O–H groups in total.